The minimum Gasteiger partial charge on any atom is -0.396 e. The number of hydrogen-bond acceptors (Lipinski definition) is 5. The van der Waals surface area contributed by atoms with Crippen LogP contribution in [0.2, 0.25) is 5.02 Å². The summed E-state index contributed by atoms with van der Waals surface area (Å²) in [7, 11) is 0. The molecular formula is C17H22ClN3O3. The Morgan fingerprint density at radius 2 is 1.92 bits per heavy atom. The second kappa shape index (κ2) is 6.80. The van der Waals surface area contributed by atoms with Gasteiger partial charge in [0.1, 0.15) is 12.7 Å². The first-order chi connectivity index (χ1) is 11.5. The minimum atomic E-state index is -1.27. The highest BCUT2D eigenvalue weighted by molar-refractivity contribution is 6.30. The van der Waals surface area contributed by atoms with Gasteiger partial charge in [-0.05, 0) is 42.9 Å². The molecule has 6 nitrogen and oxygen atoms in total. The molecule has 0 amide bonds. The van der Waals surface area contributed by atoms with Gasteiger partial charge in [-0.15, -0.1) is 0 Å². The largest absolute Gasteiger partial charge is 0.396 e. The van der Waals surface area contributed by atoms with Crippen LogP contribution in [-0.2, 0) is 13.0 Å². The average molecular weight is 352 g/mol. The van der Waals surface area contributed by atoms with E-state index in [4.69, 9.17) is 11.6 Å². The Morgan fingerprint density at radius 1 is 1.21 bits per heavy atom. The Balaban J connectivity index is 1.90. The van der Waals surface area contributed by atoms with Crippen LogP contribution >= 0.6 is 11.6 Å². The molecule has 1 saturated carbocycles. The van der Waals surface area contributed by atoms with E-state index >= 15 is 0 Å². The summed E-state index contributed by atoms with van der Waals surface area (Å²) >= 11 is 5.94. The molecule has 0 aliphatic heterocycles. The van der Waals surface area contributed by atoms with E-state index in [-0.39, 0.29) is 25.7 Å². The molecule has 2 unspecified atom stereocenters. The lowest BCUT2D eigenvalue weighted by Crippen LogP contribution is -2.55. The van der Waals surface area contributed by atoms with Gasteiger partial charge in [-0.2, -0.15) is 5.10 Å². The van der Waals surface area contributed by atoms with E-state index in [0.29, 0.717) is 17.9 Å². The standard InChI is InChI=1S/C17H22ClN3O3/c18-15-3-1-13(2-4-15)7-14-5-6-16(9-22,10-23)17(14,24)8-21-12-19-11-20-21/h1-4,11-12,14,22-24H,5-10H2. The smallest absolute Gasteiger partial charge is 0.137 e. The summed E-state index contributed by atoms with van der Waals surface area (Å²) in [6.45, 7) is -0.357. The molecule has 0 spiro atoms. The summed E-state index contributed by atoms with van der Waals surface area (Å²) in [5, 5.41) is 36.1. The van der Waals surface area contributed by atoms with Crippen molar-refractivity contribution in [2.45, 2.75) is 31.4 Å². The summed E-state index contributed by atoms with van der Waals surface area (Å²) in [5.41, 5.74) is -1.16. The number of nitrogens with zero attached hydrogens (tertiary/aromatic N) is 3. The van der Waals surface area contributed by atoms with Crippen molar-refractivity contribution in [2.24, 2.45) is 11.3 Å². The van der Waals surface area contributed by atoms with Crippen LogP contribution in [0.15, 0.2) is 36.9 Å². The van der Waals surface area contributed by atoms with Crippen LogP contribution in [0, 0.1) is 11.3 Å². The van der Waals surface area contributed by atoms with E-state index in [1.807, 2.05) is 24.3 Å². The lowest BCUT2D eigenvalue weighted by Gasteiger charge is -2.43. The molecule has 130 valence electrons. The van der Waals surface area contributed by atoms with Crippen LogP contribution in [0.25, 0.3) is 0 Å². The molecule has 0 saturated heterocycles. The second-order valence-corrected chi connectivity index (χ2v) is 7.12. The van der Waals surface area contributed by atoms with Crippen LogP contribution in [0.4, 0.5) is 0 Å². The van der Waals surface area contributed by atoms with E-state index in [2.05, 4.69) is 10.1 Å². The number of hydrogen-bond donors (Lipinski definition) is 3. The lowest BCUT2D eigenvalue weighted by molar-refractivity contribution is -0.143. The normalized spacial score (nSPS) is 25.9. The summed E-state index contributed by atoms with van der Waals surface area (Å²) in [6.07, 6.45) is 4.86. The molecule has 1 aromatic heterocycles. The van der Waals surface area contributed by atoms with Crippen molar-refractivity contribution in [3.05, 3.63) is 47.5 Å². The topological polar surface area (TPSA) is 91.4 Å². The van der Waals surface area contributed by atoms with Gasteiger partial charge in [-0.1, -0.05) is 23.7 Å². The van der Waals surface area contributed by atoms with Gasteiger partial charge < -0.3 is 15.3 Å². The molecular weight excluding hydrogens is 330 g/mol. The van der Waals surface area contributed by atoms with Crippen LogP contribution in [0.5, 0.6) is 0 Å². The molecule has 1 fully saturated rings. The van der Waals surface area contributed by atoms with E-state index in [1.165, 1.54) is 12.7 Å². The SMILES string of the molecule is OCC1(CO)CCC(Cc2ccc(Cl)cc2)C1(O)Cn1cncn1. The Labute approximate surface area is 145 Å². The first kappa shape index (κ1) is 17.4. The molecule has 7 heteroatoms. The molecule has 2 aromatic rings. The van der Waals surface area contributed by atoms with Crippen LogP contribution in [0.3, 0.4) is 0 Å². The molecule has 1 aromatic carbocycles. The Morgan fingerprint density at radius 3 is 2.50 bits per heavy atom. The molecule has 0 radical (unpaired) electrons. The maximum Gasteiger partial charge on any atom is 0.137 e. The zero-order chi connectivity index (χ0) is 17.2. The Kier molecular flexibility index (Phi) is 4.92. The molecule has 3 rings (SSSR count). The van der Waals surface area contributed by atoms with Crippen molar-refractivity contribution >= 4 is 11.6 Å². The number of rotatable bonds is 6. The molecule has 24 heavy (non-hydrogen) atoms. The third-order valence-electron chi connectivity index (χ3n) is 5.44. The average Bonchev–Trinajstić information content (AvgIpc) is 3.17. The zero-order valence-corrected chi connectivity index (χ0v) is 14.1. The summed E-state index contributed by atoms with van der Waals surface area (Å²) < 4.78 is 1.56. The highest BCUT2D eigenvalue weighted by Crippen LogP contribution is 2.51. The maximum absolute atomic E-state index is 11.5. The van der Waals surface area contributed by atoms with Crippen LogP contribution < -0.4 is 0 Å². The first-order valence-electron chi connectivity index (χ1n) is 8.04. The van der Waals surface area contributed by atoms with Gasteiger partial charge in [0, 0.05) is 10.4 Å². The van der Waals surface area contributed by atoms with Gasteiger partial charge in [0.15, 0.2) is 0 Å². The molecule has 2 atom stereocenters. The van der Waals surface area contributed by atoms with E-state index in [0.717, 1.165) is 12.0 Å². The van der Waals surface area contributed by atoms with Gasteiger partial charge in [0.2, 0.25) is 0 Å². The monoisotopic (exact) mass is 351 g/mol. The van der Waals surface area contributed by atoms with Gasteiger partial charge in [-0.25, -0.2) is 4.98 Å². The fraction of sp³-hybridized carbons (Fsp3) is 0.529. The number of halogens is 1. The zero-order valence-electron chi connectivity index (χ0n) is 13.3. The Bertz CT molecular complexity index is 658. The molecule has 1 aliphatic rings. The quantitative estimate of drug-likeness (QED) is 0.729. The summed E-state index contributed by atoms with van der Waals surface area (Å²) in [4.78, 5) is 3.91. The third-order valence-corrected chi connectivity index (χ3v) is 5.69. The Hall–Kier alpha value is -1.47. The summed E-state index contributed by atoms with van der Waals surface area (Å²) in [6, 6.07) is 7.54. The van der Waals surface area contributed by atoms with E-state index < -0.39 is 11.0 Å². The van der Waals surface area contributed by atoms with Crippen molar-refractivity contribution in [1.82, 2.24) is 14.8 Å². The summed E-state index contributed by atoms with van der Waals surface area (Å²) in [5.74, 6) is -0.109. The lowest BCUT2D eigenvalue weighted by atomic mass is 9.71. The predicted octanol–water partition coefficient (Wildman–Crippen LogP) is 1.29. The van der Waals surface area contributed by atoms with Crippen molar-refractivity contribution < 1.29 is 15.3 Å². The van der Waals surface area contributed by atoms with Crippen molar-refractivity contribution in [3.63, 3.8) is 0 Å². The van der Waals surface area contributed by atoms with E-state index in [1.54, 1.807) is 4.68 Å². The second-order valence-electron chi connectivity index (χ2n) is 6.68. The van der Waals surface area contributed by atoms with Gasteiger partial charge in [-0.3, -0.25) is 4.68 Å². The van der Waals surface area contributed by atoms with Gasteiger partial charge in [0.25, 0.3) is 0 Å². The molecule has 1 aliphatic carbocycles. The van der Waals surface area contributed by atoms with Crippen molar-refractivity contribution in [3.8, 4) is 0 Å². The number of benzene rings is 1. The molecule has 0 bridgehead atoms. The van der Waals surface area contributed by atoms with Gasteiger partial charge in [0.05, 0.1) is 25.4 Å². The third kappa shape index (κ3) is 2.95. The fourth-order valence-electron chi connectivity index (χ4n) is 3.85. The van der Waals surface area contributed by atoms with Crippen LogP contribution in [-0.4, -0.2) is 48.9 Å². The van der Waals surface area contributed by atoms with Crippen molar-refractivity contribution in [2.75, 3.05) is 13.2 Å². The van der Waals surface area contributed by atoms with Crippen LogP contribution in [0.1, 0.15) is 18.4 Å². The van der Waals surface area contributed by atoms with Crippen molar-refractivity contribution in [1.29, 1.82) is 0 Å². The highest BCUT2D eigenvalue weighted by Gasteiger charge is 2.59. The fourth-order valence-corrected chi connectivity index (χ4v) is 3.98. The first-order valence-corrected chi connectivity index (χ1v) is 8.42. The highest BCUT2D eigenvalue weighted by atomic mass is 35.5. The predicted molar refractivity (Wildman–Crippen MR) is 89.5 cm³/mol. The van der Waals surface area contributed by atoms with E-state index in [9.17, 15) is 15.3 Å². The van der Waals surface area contributed by atoms with Gasteiger partial charge >= 0.3 is 0 Å². The molecule has 1 heterocycles. The number of aromatic nitrogens is 3. The number of aliphatic hydroxyl groups is 3. The number of aliphatic hydroxyl groups excluding tert-OH is 2. The minimum absolute atomic E-state index is 0.109. The molecule has 3 N–H and O–H groups in total. The maximum atomic E-state index is 11.5.